The first kappa shape index (κ1) is 13.6. The summed E-state index contributed by atoms with van der Waals surface area (Å²) in [4.78, 5) is 0. The van der Waals surface area contributed by atoms with Crippen LogP contribution in [0.2, 0.25) is 0 Å². The Labute approximate surface area is 100 Å². The van der Waals surface area contributed by atoms with Crippen molar-refractivity contribution in [2.75, 3.05) is 0 Å². The molecule has 77 valence electrons. The molecular weight excluding hydrogens is 341 g/mol. The van der Waals surface area contributed by atoms with Crippen LogP contribution in [0.3, 0.4) is 0 Å². The third kappa shape index (κ3) is 8.93. The van der Waals surface area contributed by atoms with E-state index < -0.39 is 0 Å². The number of aryl methyl sites for hydroxylation is 1. The summed E-state index contributed by atoms with van der Waals surface area (Å²) in [7, 11) is 0. The molecule has 0 saturated carbocycles. The summed E-state index contributed by atoms with van der Waals surface area (Å²) >= 11 is 7.12. The number of hydrogen-bond acceptors (Lipinski definition) is 0. The molecule has 0 aliphatic rings. The number of aromatic nitrogens is 1. The summed E-state index contributed by atoms with van der Waals surface area (Å²) < 4.78 is 2.21. The molecule has 0 N–H and O–H groups in total. The zero-order chi connectivity index (χ0) is 9.94. The first-order valence-corrected chi connectivity index (χ1v) is 9.27. The van der Waals surface area contributed by atoms with Crippen LogP contribution in [-0.2, 0) is 17.7 Å². The van der Waals surface area contributed by atoms with Crippen LogP contribution in [0.25, 0.3) is 0 Å². The van der Waals surface area contributed by atoms with Gasteiger partial charge in [0.25, 0.3) is 0 Å². The predicted octanol–water partition coefficient (Wildman–Crippen LogP) is 3.46. The molecule has 1 aromatic heterocycles. The Balaban J connectivity index is 0.000000424. The number of pyridine rings is 1. The van der Waals surface area contributed by atoms with E-state index in [1.54, 1.807) is 0 Å². The molecular formula is C9H14Br2CoN+. The van der Waals surface area contributed by atoms with Gasteiger partial charge in [-0.1, -0.05) is 19.4 Å². The van der Waals surface area contributed by atoms with Crippen LogP contribution in [0, 0.1) is 0 Å². The monoisotopic (exact) mass is 353 g/mol. The minimum absolute atomic E-state index is 1.06. The Hall–Kier alpha value is 0.616. The molecule has 0 amide bonds. The van der Waals surface area contributed by atoms with Crippen molar-refractivity contribution in [2.24, 2.45) is 0 Å². The molecule has 0 spiro atoms. The third-order valence-corrected chi connectivity index (χ3v) is 1.55. The van der Waals surface area contributed by atoms with Crippen LogP contribution in [0.4, 0.5) is 0 Å². The summed E-state index contributed by atoms with van der Waals surface area (Å²) in [6.07, 6.45) is 6.75. The standard InChI is InChI=1S/C9H14N.2BrH.Co/c1-2-3-7-10-8-5-4-6-9-10;;;/h4-6,8-9H,2-3,7H2,1H3;2*1H;/q+1;;;+2/p-2. The number of hydrogen-bond donors (Lipinski definition) is 0. The second-order valence-corrected chi connectivity index (χ2v) is 7.77. The Morgan fingerprint density at radius 2 is 1.69 bits per heavy atom. The summed E-state index contributed by atoms with van der Waals surface area (Å²) in [5.41, 5.74) is 0. The fraction of sp³-hybridized carbons (Fsp3) is 0.444. The molecule has 0 atom stereocenters. The number of unbranched alkanes of at least 4 members (excludes halogenated alkanes) is 1. The Morgan fingerprint density at radius 3 is 2.15 bits per heavy atom. The van der Waals surface area contributed by atoms with E-state index in [9.17, 15) is 0 Å². The van der Waals surface area contributed by atoms with Gasteiger partial charge in [0, 0.05) is 18.6 Å². The van der Waals surface area contributed by atoms with Gasteiger partial charge in [0.1, 0.15) is 6.54 Å². The second kappa shape index (κ2) is 10.7. The van der Waals surface area contributed by atoms with Gasteiger partial charge in [-0.3, -0.25) is 0 Å². The van der Waals surface area contributed by atoms with Crippen molar-refractivity contribution in [2.45, 2.75) is 26.3 Å². The van der Waals surface area contributed by atoms with Crippen LogP contribution in [-0.4, -0.2) is 0 Å². The normalized spacial score (nSPS) is 9.15. The molecule has 0 saturated heterocycles. The topological polar surface area (TPSA) is 3.88 Å². The van der Waals surface area contributed by atoms with Crippen LogP contribution in [0.5, 0.6) is 0 Å². The van der Waals surface area contributed by atoms with Crippen LogP contribution in [0.15, 0.2) is 30.6 Å². The van der Waals surface area contributed by atoms with Crippen molar-refractivity contribution in [1.29, 1.82) is 0 Å². The maximum absolute atomic E-state index is 3.03. The first-order valence-electron chi connectivity index (χ1n) is 4.13. The van der Waals surface area contributed by atoms with Crippen LogP contribution < -0.4 is 4.57 Å². The van der Waals surface area contributed by atoms with Crippen molar-refractivity contribution in [1.82, 2.24) is 0 Å². The third-order valence-electron chi connectivity index (χ3n) is 1.55. The minimum atomic E-state index is 1.06. The van der Waals surface area contributed by atoms with Gasteiger partial charge in [0.15, 0.2) is 12.4 Å². The summed E-state index contributed by atoms with van der Waals surface area (Å²) in [6, 6.07) is 6.17. The van der Waals surface area contributed by atoms with Gasteiger partial charge in [-0.25, -0.2) is 4.57 Å². The van der Waals surface area contributed by atoms with E-state index in [0.29, 0.717) is 0 Å². The maximum atomic E-state index is 3.03. The second-order valence-electron chi connectivity index (χ2n) is 2.51. The summed E-state index contributed by atoms with van der Waals surface area (Å²) in [5, 5.41) is 0. The van der Waals surface area contributed by atoms with Crippen LogP contribution in [0.1, 0.15) is 19.8 Å². The van der Waals surface area contributed by atoms with E-state index >= 15 is 0 Å². The Kier molecular flexibility index (Phi) is 11.2. The molecule has 0 aromatic carbocycles. The predicted molar refractivity (Wildman–Crippen MR) is 59.4 cm³/mol. The van der Waals surface area contributed by atoms with Crippen molar-refractivity contribution in [3.05, 3.63) is 30.6 Å². The Bertz CT molecular complexity index is 194. The summed E-state index contributed by atoms with van der Waals surface area (Å²) in [6.45, 7) is 3.36. The zero-order valence-electron chi connectivity index (χ0n) is 7.54. The van der Waals surface area contributed by atoms with Gasteiger partial charge in [0.05, 0.1) is 0 Å². The molecule has 0 aliphatic heterocycles. The van der Waals surface area contributed by atoms with E-state index in [1.165, 1.54) is 12.8 Å². The molecule has 1 aromatic rings. The fourth-order valence-corrected chi connectivity index (χ4v) is 0.924. The Morgan fingerprint density at radius 1 is 1.15 bits per heavy atom. The van der Waals surface area contributed by atoms with Gasteiger partial charge >= 0.3 is 39.5 Å². The van der Waals surface area contributed by atoms with Crippen molar-refractivity contribution in [3.8, 4) is 0 Å². The van der Waals surface area contributed by atoms with E-state index in [0.717, 1.165) is 17.7 Å². The molecule has 13 heavy (non-hydrogen) atoms. The van der Waals surface area contributed by atoms with E-state index in [-0.39, 0.29) is 0 Å². The molecule has 4 heteroatoms. The zero-order valence-corrected chi connectivity index (χ0v) is 11.8. The average Bonchev–Trinajstić information content (AvgIpc) is 2.18. The van der Waals surface area contributed by atoms with E-state index in [1.807, 2.05) is 6.07 Å². The van der Waals surface area contributed by atoms with Gasteiger partial charge < -0.3 is 0 Å². The molecule has 0 bridgehead atoms. The molecule has 0 fully saturated rings. The van der Waals surface area contributed by atoms with Gasteiger partial charge in [-0.2, -0.15) is 0 Å². The van der Waals surface area contributed by atoms with E-state index in [4.69, 9.17) is 0 Å². The quantitative estimate of drug-likeness (QED) is 0.732. The molecule has 1 heterocycles. The van der Waals surface area contributed by atoms with Crippen molar-refractivity contribution >= 4 is 28.3 Å². The molecule has 0 aliphatic carbocycles. The molecule has 0 radical (unpaired) electrons. The number of rotatable bonds is 3. The molecule has 1 nitrogen and oxygen atoms in total. The average molecular weight is 355 g/mol. The summed E-state index contributed by atoms with van der Waals surface area (Å²) in [5.74, 6) is 0. The van der Waals surface area contributed by atoms with Crippen LogP contribution >= 0.6 is 28.3 Å². The van der Waals surface area contributed by atoms with Gasteiger partial charge in [0.2, 0.25) is 0 Å². The van der Waals surface area contributed by atoms with Gasteiger partial charge in [-0.15, -0.1) is 0 Å². The fourth-order valence-electron chi connectivity index (χ4n) is 0.924. The molecule has 0 unspecified atom stereocenters. The SMILES string of the molecule is CCCC[n+]1ccccc1.[Br][Co][Br]. The van der Waals surface area contributed by atoms with E-state index in [2.05, 4.69) is 64.4 Å². The number of nitrogens with zero attached hydrogens (tertiary/aromatic N) is 1. The first-order chi connectivity index (χ1) is 6.35. The van der Waals surface area contributed by atoms with Gasteiger partial charge in [-0.05, 0) is 0 Å². The molecule has 1 rings (SSSR count). The van der Waals surface area contributed by atoms with Crippen molar-refractivity contribution < 1.29 is 15.7 Å². The van der Waals surface area contributed by atoms with Crippen molar-refractivity contribution in [3.63, 3.8) is 0 Å². The number of halogens is 2.